The minimum atomic E-state index is -0.939. The van der Waals surface area contributed by atoms with E-state index in [-0.39, 0.29) is 32.5 Å². The Morgan fingerprint density at radius 1 is 0.391 bits per heavy atom. The van der Waals surface area contributed by atoms with E-state index in [9.17, 15) is 28.8 Å². The van der Waals surface area contributed by atoms with Crippen molar-refractivity contribution < 1.29 is 71.4 Å². The van der Waals surface area contributed by atoms with Crippen molar-refractivity contribution in [3.63, 3.8) is 0 Å². The fourth-order valence-electron chi connectivity index (χ4n) is 6.34. The molecule has 0 spiro atoms. The highest BCUT2D eigenvalue weighted by molar-refractivity contribution is 5.88. The lowest BCUT2D eigenvalue weighted by molar-refractivity contribution is -0.167. The third-order valence-electron chi connectivity index (χ3n) is 10.3. The summed E-state index contributed by atoms with van der Waals surface area (Å²) < 4.78 is 47.8. The molecule has 0 unspecified atom stereocenters. The van der Waals surface area contributed by atoms with Gasteiger partial charge in [0.2, 0.25) is 0 Å². The fraction of sp³-hybridized carbons (Fsp3) is 0.444. The number of carbonyl (C=O) groups is 6. The van der Waals surface area contributed by atoms with Gasteiger partial charge in [0, 0.05) is 37.5 Å². The van der Waals surface area contributed by atoms with E-state index >= 15 is 0 Å². The van der Waals surface area contributed by atoms with Crippen LogP contribution in [0.2, 0.25) is 0 Å². The van der Waals surface area contributed by atoms with Crippen LogP contribution >= 0.6 is 0 Å². The lowest BCUT2D eigenvalue weighted by Gasteiger charge is -2.18. The molecule has 0 aliphatic carbocycles. The molecule has 0 aliphatic rings. The van der Waals surface area contributed by atoms with Crippen LogP contribution in [0.15, 0.2) is 91.0 Å². The molecule has 0 fully saturated rings. The van der Waals surface area contributed by atoms with E-state index in [0.717, 1.165) is 86.0 Å². The van der Waals surface area contributed by atoms with Gasteiger partial charge in [0.15, 0.2) is 6.10 Å². The number of unbranched alkanes of at least 4 members (excludes halogenated alkanes) is 9. The quantitative estimate of drug-likeness (QED) is 0.0235. The van der Waals surface area contributed by atoms with Crippen molar-refractivity contribution in [3.8, 4) is 17.2 Å². The van der Waals surface area contributed by atoms with Gasteiger partial charge in [-0.1, -0.05) is 74.9 Å². The first-order valence-electron chi connectivity index (χ1n) is 23.5. The highest BCUT2D eigenvalue weighted by Gasteiger charge is 2.19. The normalized spacial score (nSPS) is 11.5. The Labute approximate surface area is 406 Å². The van der Waals surface area contributed by atoms with Crippen molar-refractivity contribution in [2.24, 2.45) is 0 Å². The molecule has 0 aliphatic heterocycles. The van der Waals surface area contributed by atoms with Crippen LogP contribution in [0.5, 0.6) is 17.2 Å². The largest absolute Gasteiger partial charge is 0.494 e. The van der Waals surface area contributed by atoms with E-state index in [1.807, 2.05) is 72.8 Å². The van der Waals surface area contributed by atoms with Crippen LogP contribution in [0, 0.1) is 0 Å². The number of benzene rings is 3. The van der Waals surface area contributed by atoms with Crippen LogP contribution in [0.25, 0.3) is 18.2 Å². The molecule has 3 aromatic rings. The minimum absolute atomic E-state index is 0.159. The number of hydrogen-bond donors (Lipinski definition) is 0. The Morgan fingerprint density at radius 3 is 0.986 bits per heavy atom. The van der Waals surface area contributed by atoms with Gasteiger partial charge < -0.3 is 42.6 Å². The number of rotatable bonds is 35. The summed E-state index contributed by atoms with van der Waals surface area (Å²) in [6, 6.07) is 22.1. The van der Waals surface area contributed by atoms with Crippen molar-refractivity contribution in [1.29, 1.82) is 0 Å². The zero-order valence-corrected chi connectivity index (χ0v) is 40.2. The van der Waals surface area contributed by atoms with E-state index in [4.69, 9.17) is 28.4 Å². The Hall–Kier alpha value is -6.90. The summed E-state index contributed by atoms with van der Waals surface area (Å²) >= 11 is 0. The Bertz CT molecular complexity index is 1950. The molecule has 0 atom stereocenters. The van der Waals surface area contributed by atoms with E-state index in [2.05, 4.69) is 14.2 Å². The van der Waals surface area contributed by atoms with Crippen LogP contribution in [0.1, 0.15) is 113 Å². The Balaban J connectivity index is 1.33. The minimum Gasteiger partial charge on any atom is -0.494 e. The van der Waals surface area contributed by atoms with E-state index in [1.54, 1.807) is 18.2 Å². The zero-order chi connectivity index (χ0) is 49.7. The third-order valence-corrected chi connectivity index (χ3v) is 10.3. The number of hydrogen-bond acceptors (Lipinski definition) is 15. The van der Waals surface area contributed by atoms with Crippen molar-refractivity contribution in [2.75, 3.05) is 54.4 Å². The van der Waals surface area contributed by atoms with Crippen molar-refractivity contribution in [2.45, 2.75) is 102 Å². The molecule has 0 saturated heterocycles. The van der Waals surface area contributed by atoms with Gasteiger partial charge in [-0.15, -0.1) is 0 Å². The van der Waals surface area contributed by atoms with Crippen LogP contribution in [-0.4, -0.2) is 96.3 Å². The van der Waals surface area contributed by atoms with Gasteiger partial charge >= 0.3 is 35.8 Å². The summed E-state index contributed by atoms with van der Waals surface area (Å²) in [6.45, 7) is 1.09. The van der Waals surface area contributed by atoms with Gasteiger partial charge in [-0.25, -0.2) is 14.4 Å². The highest BCUT2D eigenvalue weighted by Crippen LogP contribution is 2.18. The molecular weight excluding hydrogens is 889 g/mol. The maximum atomic E-state index is 12.9. The summed E-state index contributed by atoms with van der Waals surface area (Å²) in [6.07, 6.45) is 17.8. The average Bonchev–Trinajstić information content (AvgIpc) is 3.37. The first-order valence-corrected chi connectivity index (χ1v) is 23.5. The van der Waals surface area contributed by atoms with Gasteiger partial charge in [0.25, 0.3) is 0 Å². The molecule has 0 bridgehead atoms. The van der Waals surface area contributed by atoms with Crippen molar-refractivity contribution in [3.05, 3.63) is 108 Å². The maximum Gasteiger partial charge on any atom is 0.330 e. The summed E-state index contributed by atoms with van der Waals surface area (Å²) in [4.78, 5) is 72.0. The standard InChI is InChI=1S/C54H68O15/c1-61-49(55)34-25-42-19-28-45(29-20-42)64-37-13-7-4-10-16-52(58)67-40-48(69-54(60)18-12-6-9-15-39-66-47-32-23-44(24-33-47)27-36-51(57)63-3)41-68-53(59)17-11-5-8-14-38-65-46-30-21-43(22-31-46)26-35-50(56)62-2/h19-36,48H,4-18,37-41H2,1-3H3. The van der Waals surface area contributed by atoms with E-state index in [0.29, 0.717) is 44.8 Å². The van der Waals surface area contributed by atoms with Crippen molar-refractivity contribution in [1.82, 2.24) is 0 Å². The molecule has 0 saturated carbocycles. The molecule has 3 aromatic carbocycles. The molecule has 0 amide bonds. The van der Waals surface area contributed by atoms with Crippen LogP contribution in [0.4, 0.5) is 0 Å². The SMILES string of the molecule is COC(=O)C=Cc1ccc(OCCCCCCC(=O)OCC(COC(=O)CCCCCCOc2ccc(C=CC(=O)OC)cc2)OC(=O)CCCCCCOc2ccc(C=CC(=O)OC)cc2)cc1. The van der Waals surface area contributed by atoms with Gasteiger partial charge in [0.05, 0.1) is 41.2 Å². The van der Waals surface area contributed by atoms with Gasteiger partial charge in [-0.3, -0.25) is 14.4 Å². The highest BCUT2D eigenvalue weighted by atomic mass is 16.6. The predicted molar refractivity (Wildman–Crippen MR) is 260 cm³/mol. The summed E-state index contributed by atoms with van der Waals surface area (Å²) in [5, 5.41) is 0. The van der Waals surface area contributed by atoms with Gasteiger partial charge in [0.1, 0.15) is 30.5 Å². The monoisotopic (exact) mass is 956 g/mol. The predicted octanol–water partition coefficient (Wildman–Crippen LogP) is 9.63. The summed E-state index contributed by atoms with van der Waals surface area (Å²) in [5.41, 5.74) is 2.54. The third kappa shape index (κ3) is 27.5. The maximum absolute atomic E-state index is 12.9. The van der Waals surface area contributed by atoms with Crippen molar-refractivity contribution >= 4 is 54.0 Å². The Morgan fingerprint density at radius 2 is 0.681 bits per heavy atom. The second-order valence-electron chi connectivity index (χ2n) is 15.8. The topological polar surface area (TPSA) is 185 Å². The Kier molecular flexibility index (Phi) is 28.8. The molecule has 374 valence electrons. The van der Waals surface area contributed by atoms with E-state index < -0.39 is 41.9 Å². The lowest BCUT2D eigenvalue weighted by atomic mass is 10.1. The van der Waals surface area contributed by atoms with Gasteiger partial charge in [-0.2, -0.15) is 0 Å². The molecule has 15 nitrogen and oxygen atoms in total. The van der Waals surface area contributed by atoms with Gasteiger partial charge in [-0.05, 0) is 110 Å². The molecule has 15 heteroatoms. The molecule has 3 rings (SSSR count). The second-order valence-corrected chi connectivity index (χ2v) is 15.8. The summed E-state index contributed by atoms with van der Waals surface area (Å²) in [5.74, 6) is -0.448. The molecule has 0 heterocycles. The summed E-state index contributed by atoms with van der Waals surface area (Å²) in [7, 11) is 3.98. The first-order chi connectivity index (χ1) is 33.6. The molecule has 69 heavy (non-hydrogen) atoms. The average molecular weight is 957 g/mol. The molecular formula is C54H68O15. The smallest absolute Gasteiger partial charge is 0.330 e. The number of methoxy groups -OCH3 is 3. The van der Waals surface area contributed by atoms with Crippen LogP contribution < -0.4 is 14.2 Å². The van der Waals surface area contributed by atoms with Crippen LogP contribution in [0.3, 0.4) is 0 Å². The fourth-order valence-corrected chi connectivity index (χ4v) is 6.34. The second kappa shape index (κ2) is 35.3. The number of esters is 6. The zero-order valence-electron chi connectivity index (χ0n) is 40.2. The number of ether oxygens (including phenoxy) is 9. The molecule has 0 radical (unpaired) electrons. The lowest BCUT2D eigenvalue weighted by Crippen LogP contribution is -2.30. The molecule has 0 aromatic heterocycles. The number of carbonyl (C=O) groups excluding carboxylic acids is 6. The first kappa shape index (κ1) is 56.4. The van der Waals surface area contributed by atoms with Crippen LogP contribution in [-0.2, 0) is 57.2 Å². The molecule has 0 N–H and O–H groups in total. The van der Waals surface area contributed by atoms with E-state index in [1.165, 1.54) is 39.6 Å².